The van der Waals surface area contributed by atoms with Gasteiger partial charge in [-0.2, -0.15) is 13.2 Å². The summed E-state index contributed by atoms with van der Waals surface area (Å²) in [5, 5.41) is 0.487. The smallest absolute Gasteiger partial charge is 0.416 e. The van der Waals surface area contributed by atoms with Crippen molar-refractivity contribution >= 4 is 11.8 Å². The first-order valence-corrected chi connectivity index (χ1v) is 10.4. The number of nitrogens with one attached hydrogen (secondary N) is 1. The first-order chi connectivity index (χ1) is 15.4. The van der Waals surface area contributed by atoms with Crippen LogP contribution in [0.4, 0.5) is 13.2 Å². The molecule has 1 heterocycles. The molecule has 0 aliphatic heterocycles. The zero-order chi connectivity index (χ0) is 22.7. The summed E-state index contributed by atoms with van der Waals surface area (Å²) in [6.07, 6.45) is -4.40. The first kappa shape index (κ1) is 21.8. The lowest BCUT2D eigenvalue weighted by molar-refractivity contribution is -0.137. The second-order valence-corrected chi connectivity index (χ2v) is 7.91. The number of rotatable bonds is 6. The lowest BCUT2D eigenvalue weighted by Crippen LogP contribution is -2.04. The average molecular weight is 456 g/mol. The minimum Gasteiger partial charge on any atom is -0.497 e. The molecule has 1 aromatic heterocycles. The summed E-state index contributed by atoms with van der Waals surface area (Å²) in [6, 6.07) is 20.1. The molecule has 4 nitrogen and oxygen atoms in total. The predicted octanol–water partition coefficient (Wildman–Crippen LogP) is 6.93. The van der Waals surface area contributed by atoms with E-state index in [0.717, 1.165) is 46.5 Å². The number of methoxy groups -OCH3 is 2. The molecule has 0 aliphatic rings. The molecule has 0 saturated heterocycles. The van der Waals surface area contributed by atoms with Crippen molar-refractivity contribution in [2.45, 2.75) is 16.2 Å². The fraction of sp³-hybridized carbons (Fsp3) is 0.125. The molecule has 4 rings (SSSR count). The standard InChI is InChI=1S/C24H19F3N2O2S/c1-30-18-10-6-15(7-11-18)21-22(16-8-12-19(31-2)13-9-16)29-23(28-21)32-20-5-3-4-17(14-20)24(25,26)27/h3-14H,1-2H3,(H,28,29). The molecule has 0 aliphatic carbocycles. The summed E-state index contributed by atoms with van der Waals surface area (Å²) in [4.78, 5) is 8.40. The van der Waals surface area contributed by atoms with E-state index in [0.29, 0.717) is 21.5 Å². The molecule has 32 heavy (non-hydrogen) atoms. The average Bonchev–Trinajstić information content (AvgIpc) is 3.22. The second kappa shape index (κ2) is 9.00. The Kier molecular flexibility index (Phi) is 6.14. The van der Waals surface area contributed by atoms with Gasteiger partial charge in [0.1, 0.15) is 11.5 Å². The number of nitrogens with zero attached hydrogens (tertiary/aromatic N) is 1. The predicted molar refractivity (Wildman–Crippen MR) is 118 cm³/mol. The van der Waals surface area contributed by atoms with Gasteiger partial charge < -0.3 is 14.5 Å². The van der Waals surface area contributed by atoms with Crippen LogP contribution in [0.1, 0.15) is 5.56 Å². The Balaban J connectivity index is 1.74. The third-order valence-corrected chi connectivity index (χ3v) is 5.68. The monoisotopic (exact) mass is 456 g/mol. The van der Waals surface area contributed by atoms with Crippen LogP contribution < -0.4 is 9.47 Å². The van der Waals surface area contributed by atoms with E-state index in [-0.39, 0.29) is 0 Å². The number of halogens is 3. The molecule has 1 N–H and O–H groups in total. The molecule has 4 aromatic rings. The van der Waals surface area contributed by atoms with Gasteiger partial charge in [-0.1, -0.05) is 17.8 Å². The van der Waals surface area contributed by atoms with E-state index in [4.69, 9.17) is 14.5 Å². The summed E-state index contributed by atoms with van der Waals surface area (Å²) >= 11 is 1.14. The van der Waals surface area contributed by atoms with Gasteiger partial charge in [-0.05, 0) is 66.7 Å². The highest BCUT2D eigenvalue weighted by atomic mass is 32.2. The van der Waals surface area contributed by atoms with Crippen LogP contribution in [0, 0.1) is 0 Å². The third kappa shape index (κ3) is 4.75. The molecular weight excluding hydrogens is 437 g/mol. The molecule has 0 unspecified atom stereocenters. The van der Waals surface area contributed by atoms with Crippen molar-refractivity contribution in [3.8, 4) is 34.0 Å². The molecular formula is C24H19F3N2O2S. The maximum atomic E-state index is 13.1. The van der Waals surface area contributed by atoms with Crippen LogP contribution >= 0.6 is 11.8 Å². The van der Waals surface area contributed by atoms with E-state index in [2.05, 4.69) is 4.98 Å². The molecule has 0 saturated carbocycles. The number of hydrogen-bond donors (Lipinski definition) is 1. The van der Waals surface area contributed by atoms with Crippen molar-refractivity contribution in [1.29, 1.82) is 0 Å². The normalized spacial score (nSPS) is 11.4. The van der Waals surface area contributed by atoms with E-state index in [9.17, 15) is 13.2 Å². The van der Waals surface area contributed by atoms with Gasteiger partial charge >= 0.3 is 6.18 Å². The first-order valence-electron chi connectivity index (χ1n) is 9.61. The zero-order valence-corrected chi connectivity index (χ0v) is 18.1. The summed E-state index contributed by atoms with van der Waals surface area (Å²) < 4.78 is 49.7. The van der Waals surface area contributed by atoms with Gasteiger partial charge in [-0.15, -0.1) is 0 Å². The van der Waals surface area contributed by atoms with Crippen molar-refractivity contribution in [1.82, 2.24) is 9.97 Å². The van der Waals surface area contributed by atoms with Crippen molar-refractivity contribution in [2.75, 3.05) is 14.2 Å². The highest BCUT2D eigenvalue weighted by molar-refractivity contribution is 7.99. The molecule has 0 amide bonds. The number of aromatic nitrogens is 2. The lowest BCUT2D eigenvalue weighted by atomic mass is 10.0. The number of hydrogen-bond acceptors (Lipinski definition) is 4. The number of aromatic amines is 1. The fourth-order valence-corrected chi connectivity index (χ4v) is 4.02. The van der Waals surface area contributed by atoms with Crippen LogP contribution in [0.5, 0.6) is 11.5 Å². The van der Waals surface area contributed by atoms with Gasteiger partial charge in [0.05, 0.1) is 31.2 Å². The third-order valence-electron chi connectivity index (χ3n) is 4.80. The van der Waals surface area contributed by atoms with Crippen molar-refractivity contribution < 1.29 is 22.6 Å². The Morgan fingerprint density at radius 2 is 1.41 bits per heavy atom. The van der Waals surface area contributed by atoms with Crippen LogP contribution in [-0.2, 0) is 6.18 Å². The Bertz CT molecular complexity index is 1140. The summed E-state index contributed by atoms with van der Waals surface area (Å²) in [5.41, 5.74) is 2.48. The lowest BCUT2D eigenvalue weighted by Gasteiger charge is -2.07. The van der Waals surface area contributed by atoms with Crippen molar-refractivity contribution in [2.24, 2.45) is 0 Å². The summed E-state index contributed by atoms with van der Waals surface area (Å²) in [5.74, 6) is 1.44. The Hall–Kier alpha value is -3.39. The number of alkyl halides is 3. The largest absolute Gasteiger partial charge is 0.497 e. The second-order valence-electron chi connectivity index (χ2n) is 6.85. The van der Waals surface area contributed by atoms with E-state index >= 15 is 0 Å². The van der Waals surface area contributed by atoms with E-state index in [1.807, 2.05) is 48.5 Å². The molecule has 0 bridgehead atoms. The maximum absolute atomic E-state index is 13.1. The van der Waals surface area contributed by atoms with Crippen LogP contribution in [0.2, 0.25) is 0 Å². The highest BCUT2D eigenvalue weighted by Crippen LogP contribution is 2.38. The molecule has 0 spiro atoms. The molecule has 3 aromatic carbocycles. The topological polar surface area (TPSA) is 47.1 Å². The quantitative estimate of drug-likeness (QED) is 0.342. The molecule has 164 valence electrons. The number of ether oxygens (including phenoxy) is 2. The summed E-state index contributed by atoms with van der Waals surface area (Å²) in [6.45, 7) is 0. The number of benzene rings is 3. The Morgan fingerprint density at radius 3 is 1.97 bits per heavy atom. The summed E-state index contributed by atoms with van der Waals surface area (Å²) in [7, 11) is 3.19. The van der Waals surface area contributed by atoms with Crippen LogP contribution in [-0.4, -0.2) is 24.2 Å². The minimum atomic E-state index is -4.40. The fourth-order valence-electron chi connectivity index (χ4n) is 3.17. The maximum Gasteiger partial charge on any atom is 0.416 e. The molecule has 0 radical (unpaired) electrons. The van der Waals surface area contributed by atoms with E-state index < -0.39 is 11.7 Å². The van der Waals surface area contributed by atoms with Crippen LogP contribution in [0.15, 0.2) is 82.8 Å². The van der Waals surface area contributed by atoms with E-state index in [1.54, 1.807) is 20.3 Å². The van der Waals surface area contributed by atoms with Gasteiger partial charge in [0, 0.05) is 16.0 Å². The van der Waals surface area contributed by atoms with Gasteiger partial charge in [0.25, 0.3) is 0 Å². The van der Waals surface area contributed by atoms with Crippen molar-refractivity contribution in [3.63, 3.8) is 0 Å². The SMILES string of the molecule is COc1ccc(-c2nc(Sc3cccc(C(F)(F)F)c3)[nH]c2-c2ccc(OC)cc2)cc1. The van der Waals surface area contributed by atoms with Gasteiger partial charge in [-0.25, -0.2) is 4.98 Å². The van der Waals surface area contributed by atoms with Crippen LogP contribution in [0.3, 0.4) is 0 Å². The van der Waals surface area contributed by atoms with Gasteiger partial charge in [0.2, 0.25) is 0 Å². The van der Waals surface area contributed by atoms with E-state index in [1.165, 1.54) is 6.07 Å². The van der Waals surface area contributed by atoms with Gasteiger partial charge in [0.15, 0.2) is 5.16 Å². The molecule has 0 fully saturated rings. The van der Waals surface area contributed by atoms with Crippen LogP contribution in [0.25, 0.3) is 22.5 Å². The minimum absolute atomic E-state index is 0.441. The zero-order valence-electron chi connectivity index (χ0n) is 17.2. The molecule has 8 heteroatoms. The highest BCUT2D eigenvalue weighted by Gasteiger charge is 2.30. The van der Waals surface area contributed by atoms with Gasteiger partial charge in [-0.3, -0.25) is 0 Å². The Morgan fingerprint density at radius 1 is 0.812 bits per heavy atom. The number of H-pyrrole nitrogens is 1. The van der Waals surface area contributed by atoms with Crippen molar-refractivity contribution in [3.05, 3.63) is 78.4 Å². The Labute approximate surface area is 187 Å². The number of imidazole rings is 1. The molecule has 0 atom stereocenters.